The van der Waals surface area contributed by atoms with E-state index in [1.165, 1.54) is 5.01 Å². The molecular formula is C14H20N4O. The van der Waals surface area contributed by atoms with Gasteiger partial charge in [-0.1, -0.05) is 6.92 Å². The summed E-state index contributed by atoms with van der Waals surface area (Å²) in [7, 11) is 0. The van der Waals surface area contributed by atoms with Crippen LogP contribution in [0.4, 0.5) is 5.82 Å². The quantitative estimate of drug-likeness (QED) is 0.878. The fourth-order valence-corrected chi connectivity index (χ4v) is 2.27. The molecule has 1 aromatic heterocycles. The molecule has 0 aliphatic carbocycles. The fourth-order valence-electron chi connectivity index (χ4n) is 2.27. The highest BCUT2D eigenvalue weighted by Gasteiger charge is 2.35. The topological polar surface area (TPSA) is 71.6 Å². The number of carbonyl (C=O) groups is 1. The molecule has 1 amide bonds. The molecule has 2 heterocycles. The largest absolute Gasteiger partial charge is 0.330 e. The van der Waals surface area contributed by atoms with Crippen molar-refractivity contribution >= 4 is 17.4 Å². The molecule has 5 heteroatoms. The summed E-state index contributed by atoms with van der Waals surface area (Å²) in [5.41, 5.74) is 7.53. The van der Waals surface area contributed by atoms with Gasteiger partial charge in [0.05, 0.1) is 11.6 Å². The molecule has 5 nitrogen and oxygen atoms in total. The maximum atomic E-state index is 12.4. The minimum Gasteiger partial charge on any atom is -0.330 e. The summed E-state index contributed by atoms with van der Waals surface area (Å²) < 4.78 is 0. The molecule has 1 aliphatic rings. The second kappa shape index (κ2) is 5.93. The lowest BCUT2D eigenvalue weighted by Crippen LogP contribution is -2.28. The molecule has 0 saturated carbocycles. The molecule has 1 aliphatic heterocycles. The van der Waals surface area contributed by atoms with E-state index < -0.39 is 0 Å². The summed E-state index contributed by atoms with van der Waals surface area (Å²) in [4.78, 5) is 16.7. The number of carbonyl (C=O) groups excluding carboxylic acids is 1. The van der Waals surface area contributed by atoms with Gasteiger partial charge in [-0.05, 0) is 50.4 Å². The van der Waals surface area contributed by atoms with E-state index in [2.05, 4.69) is 10.1 Å². The minimum absolute atomic E-state index is 0.0170. The maximum absolute atomic E-state index is 12.4. The zero-order valence-corrected chi connectivity index (χ0v) is 11.5. The van der Waals surface area contributed by atoms with E-state index in [4.69, 9.17) is 5.73 Å². The molecule has 19 heavy (non-hydrogen) atoms. The van der Waals surface area contributed by atoms with Crippen LogP contribution in [0.5, 0.6) is 0 Å². The lowest BCUT2D eigenvalue weighted by Gasteiger charge is -2.13. The molecule has 2 N–H and O–H groups in total. The SMILES string of the molecule is CCC1=NN(c2cc(C)ccn2)C(=O)C1CCCN. The van der Waals surface area contributed by atoms with Crippen molar-refractivity contribution in [3.05, 3.63) is 23.9 Å². The Kier molecular flexibility index (Phi) is 4.27. The van der Waals surface area contributed by atoms with E-state index in [-0.39, 0.29) is 11.8 Å². The van der Waals surface area contributed by atoms with Gasteiger partial charge >= 0.3 is 0 Å². The van der Waals surface area contributed by atoms with Crippen molar-refractivity contribution in [3.63, 3.8) is 0 Å². The maximum Gasteiger partial charge on any atom is 0.257 e. The Morgan fingerprint density at radius 2 is 2.26 bits per heavy atom. The molecule has 0 aromatic carbocycles. The van der Waals surface area contributed by atoms with Crippen LogP contribution in [0.2, 0.25) is 0 Å². The Morgan fingerprint density at radius 1 is 1.47 bits per heavy atom. The number of amides is 1. The van der Waals surface area contributed by atoms with Crippen molar-refractivity contribution in [2.75, 3.05) is 11.6 Å². The van der Waals surface area contributed by atoms with Gasteiger partial charge in [0.25, 0.3) is 5.91 Å². The predicted octanol–water partition coefficient (Wildman–Crippen LogP) is 1.86. The average Bonchev–Trinajstić information content (AvgIpc) is 2.73. The van der Waals surface area contributed by atoms with Crippen molar-refractivity contribution in [1.82, 2.24) is 4.98 Å². The Labute approximate surface area is 113 Å². The van der Waals surface area contributed by atoms with Crippen molar-refractivity contribution in [2.24, 2.45) is 16.8 Å². The van der Waals surface area contributed by atoms with Crippen LogP contribution in [0.3, 0.4) is 0 Å². The van der Waals surface area contributed by atoms with Crippen molar-refractivity contribution < 1.29 is 4.79 Å². The van der Waals surface area contributed by atoms with E-state index >= 15 is 0 Å². The van der Waals surface area contributed by atoms with Crippen LogP contribution in [0.15, 0.2) is 23.4 Å². The summed E-state index contributed by atoms with van der Waals surface area (Å²) in [6.07, 6.45) is 4.09. The Balaban J connectivity index is 2.24. The summed E-state index contributed by atoms with van der Waals surface area (Å²) in [5.74, 6) is 0.491. The molecule has 0 fully saturated rings. The highest BCUT2D eigenvalue weighted by molar-refractivity contribution is 6.15. The van der Waals surface area contributed by atoms with Gasteiger partial charge in [-0.15, -0.1) is 0 Å². The van der Waals surface area contributed by atoms with Crippen LogP contribution in [0, 0.1) is 12.8 Å². The van der Waals surface area contributed by atoms with E-state index in [9.17, 15) is 4.79 Å². The number of hydrogen-bond acceptors (Lipinski definition) is 4. The number of aryl methyl sites for hydroxylation is 1. The van der Waals surface area contributed by atoms with Crippen LogP contribution in [0.1, 0.15) is 31.7 Å². The van der Waals surface area contributed by atoms with Gasteiger partial charge in [0.15, 0.2) is 5.82 Å². The van der Waals surface area contributed by atoms with Crippen molar-refractivity contribution in [2.45, 2.75) is 33.1 Å². The smallest absolute Gasteiger partial charge is 0.257 e. The summed E-state index contributed by atoms with van der Waals surface area (Å²) in [6.45, 7) is 4.60. The number of nitrogens with two attached hydrogens (primary N) is 1. The predicted molar refractivity (Wildman–Crippen MR) is 76.0 cm³/mol. The molecule has 102 valence electrons. The monoisotopic (exact) mass is 260 g/mol. The molecule has 0 saturated heterocycles. The number of nitrogens with zero attached hydrogens (tertiary/aromatic N) is 3. The first-order valence-electron chi connectivity index (χ1n) is 6.71. The average molecular weight is 260 g/mol. The van der Waals surface area contributed by atoms with Gasteiger partial charge in [-0.25, -0.2) is 4.98 Å². The highest BCUT2D eigenvalue weighted by atomic mass is 16.2. The Bertz CT molecular complexity index is 498. The van der Waals surface area contributed by atoms with Crippen molar-refractivity contribution in [3.8, 4) is 0 Å². The van der Waals surface area contributed by atoms with Gasteiger partial charge in [0.2, 0.25) is 0 Å². The molecule has 1 unspecified atom stereocenters. The zero-order chi connectivity index (χ0) is 13.8. The second-order valence-corrected chi connectivity index (χ2v) is 4.77. The van der Waals surface area contributed by atoms with Gasteiger partial charge in [0.1, 0.15) is 0 Å². The van der Waals surface area contributed by atoms with Crippen LogP contribution < -0.4 is 10.7 Å². The third-order valence-electron chi connectivity index (χ3n) is 3.31. The second-order valence-electron chi connectivity index (χ2n) is 4.77. The van der Waals surface area contributed by atoms with Crippen molar-refractivity contribution in [1.29, 1.82) is 0 Å². The van der Waals surface area contributed by atoms with Crippen LogP contribution in [-0.2, 0) is 4.79 Å². The van der Waals surface area contributed by atoms with Gasteiger partial charge in [0, 0.05) is 6.20 Å². The zero-order valence-electron chi connectivity index (χ0n) is 11.5. The first-order valence-corrected chi connectivity index (χ1v) is 6.71. The number of anilines is 1. The third kappa shape index (κ3) is 2.81. The first kappa shape index (κ1) is 13.7. The molecular weight excluding hydrogens is 240 g/mol. The van der Waals surface area contributed by atoms with Crippen LogP contribution in [0.25, 0.3) is 0 Å². The number of hydrogen-bond donors (Lipinski definition) is 1. The number of rotatable bonds is 5. The Morgan fingerprint density at radius 3 is 2.89 bits per heavy atom. The Hall–Kier alpha value is -1.75. The fraction of sp³-hybridized carbons (Fsp3) is 0.500. The van der Waals surface area contributed by atoms with Gasteiger partial charge < -0.3 is 5.73 Å². The van der Waals surface area contributed by atoms with E-state index in [0.717, 1.165) is 30.5 Å². The van der Waals surface area contributed by atoms with Crippen LogP contribution >= 0.6 is 0 Å². The summed E-state index contributed by atoms with van der Waals surface area (Å²) >= 11 is 0. The minimum atomic E-state index is -0.129. The number of aromatic nitrogens is 1. The number of hydrazone groups is 1. The molecule has 0 spiro atoms. The third-order valence-corrected chi connectivity index (χ3v) is 3.31. The standard InChI is InChI=1S/C14H20N4O/c1-3-12-11(5-4-7-15)14(19)18(17-12)13-9-10(2)6-8-16-13/h6,8-9,11H,3-5,7,15H2,1-2H3. The van der Waals surface area contributed by atoms with E-state index in [0.29, 0.717) is 12.4 Å². The van der Waals surface area contributed by atoms with E-state index in [1.54, 1.807) is 6.20 Å². The molecule has 2 rings (SSSR count). The summed E-state index contributed by atoms with van der Waals surface area (Å²) in [6, 6.07) is 3.78. The lowest BCUT2D eigenvalue weighted by molar-refractivity contribution is -0.120. The molecule has 1 aromatic rings. The molecule has 0 bridgehead atoms. The summed E-state index contributed by atoms with van der Waals surface area (Å²) in [5, 5.41) is 5.87. The van der Waals surface area contributed by atoms with E-state index in [1.807, 2.05) is 26.0 Å². The van der Waals surface area contributed by atoms with Gasteiger partial charge in [-0.2, -0.15) is 10.1 Å². The lowest BCUT2D eigenvalue weighted by atomic mass is 9.96. The van der Waals surface area contributed by atoms with Gasteiger partial charge in [-0.3, -0.25) is 4.79 Å². The normalized spacial score (nSPS) is 18.9. The molecule has 1 atom stereocenters. The molecule has 0 radical (unpaired) electrons. The highest BCUT2D eigenvalue weighted by Crippen LogP contribution is 2.26. The van der Waals surface area contributed by atoms with Crippen LogP contribution in [-0.4, -0.2) is 23.1 Å². The number of pyridine rings is 1. The first-order chi connectivity index (χ1) is 9.17.